The van der Waals surface area contributed by atoms with E-state index in [1.807, 2.05) is 32.0 Å². The number of amides is 1. The molecule has 0 atom stereocenters. The molecule has 1 aromatic rings. The van der Waals surface area contributed by atoms with Gasteiger partial charge in [0.05, 0.1) is 6.54 Å². The lowest BCUT2D eigenvalue weighted by molar-refractivity contribution is -0.127. The lowest BCUT2D eigenvalue weighted by Crippen LogP contribution is -2.36. The molecule has 0 saturated heterocycles. The molecule has 0 bridgehead atoms. The first-order valence-electron chi connectivity index (χ1n) is 5.77. The molecule has 0 aliphatic heterocycles. The van der Waals surface area contributed by atoms with Crippen molar-refractivity contribution in [2.45, 2.75) is 13.8 Å². The van der Waals surface area contributed by atoms with E-state index in [2.05, 4.69) is 4.90 Å². The Bertz CT molecular complexity index is 402. The topological polar surface area (TPSA) is 49.6 Å². The van der Waals surface area contributed by atoms with Crippen LogP contribution in [0.2, 0.25) is 0 Å². The monoisotopic (exact) mass is 235 g/mol. The predicted molar refractivity (Wildman–Crippen MR) is 72.2 cm³/mol. The summed E-state index contributed by atoms with van der Waals surface area (Å²) in [6.45, 7) is 5.24. The van der Waals surface area contributed by atoms with E-state index in [1.54, 1.807) is 19.0 Å². The second kappa shape index (κ2) is 5.57. The number of hydrogen-bond acceptors (Lipinski definition) is 3. The number of anilines is 2. The maximum atomic E-state index is 11.7. The fourth-order valence-corrected chi connectivity index (χ4v) is 1.71. The molecular formula is C13H21N3O. The summed E-state index contributed by atoms with van der Waals surface area (Å²) in [7, 11) is 3.54. The van der Waals surface area contributed by atoms with Crippen LogP contribution in [0.5, 0.6) is 0 Å². The third-order valence-corrected chi connectivity index (χ3v) is 2.77. The zero-order valence-corrected chi connectivity index (χ0v) is 11.0. The van der Waals surface area contributed by atoms with Crippen LogP contribution in [-0.4, -0.2) is 38.0 Å². The van der Waals surface area contributed by atoms with Gasteiger partial charge in [-0.1, -0.05) is 0 Å². The number of likely N-dealkylation sites (N-methyl/N-ethyl adjacent to an activating group) is 2. The molecule has 0 fully saturated rings. The number of benzene rings is 1. The standard InChI is InChI=1S/C13H21N3O/c1-5-16(9-13(17)15(3)4)12-7-6-11(14)8-10(12)2/h6-8H,5,9,14H2,1-4H3. The molecule has 0 unspecified atom stereocenters. The maximum absolute atomic E-state index is 11.7. The fourth-order valence-electron chi connectivity index (χ4n) is 1.71. The molecule has 1 amide bonds. The molecule has 0 heterocycles. The zero-order valence-electron chi connectivity index (χ0n) is 11.0. The van der Waals surface area contributed by atoms with E-state index in [9.17, 15) is 4.79 Å². The third kappa shape index (κ3) is 3.37. The van der Waals surface area contributed by atoms with Crippen LogP contribution in [0.1, 0.15) is 12.5 Å². The highest BCUT2D eigenvalue weighted by atomic mass is 16.2. The van der Waals surface area contributed by atoms with Gasteiger partial charge in [-0.25, -0.2) is 0 Å². The van der Waals surface area contributed by atoms with Gasteiger partial charge in [0.15, 0.2) is 0 Å². The number of carbonyl (C=O) groups is 1. The first-order chi connectivity index (χ1) is 7.95. The van der Waals surface area contributed by atoms with Crippen molar-refractivity contribution in [1.29, 1.82) is 0 Å². The van der Waals surface area contributed by atoms with E-state index in [-0.39, 0.29) is 5.91 Å². The van der Waals surface area contributed by atoms with Gasteiger partial charge in [-0.15, -0.1) is 0 Å². The van der Waals surface area contributed by atoms with Crippen molar-refractivity contribution in [3.05, 3.63) is 23.8 Å². The molecule has 2 N–H and O–H groups in total. The lowest BCUT2D eigenvalue weighted by atomic mass is 10.1. The number of hydrogen-bond donors (Lipinski definition) is 1. The number of nitrogens with two attached hydrogens (primary N) is 1. The Morgan fingerprint density at radius 1 is 1.35 bits per heavy atom. The van der Waals surface area contributed by atoms with E-state index < -0.39 is 0 Å². The highest BCUT2D eigenvalue weighted by Crippen LogP contribution is 2.22. The van der Waals surface area contributed by atoms with Gasteiger partial charge in [0, 0.05) is 32.0 Å². The van der Waals surface area contributed by atoms with Crippen LogP contribution in [0.3, 0.4) is 0 Å². The third-order valence-electron chi connectivity index (χ3n) is 2.77. The van der Waals surface area contributed by atoms with Crippen molar-refractivity contribution in [1.82, 2.24) is 4.90 Å². The first kappa shape index (κ1) is 13.4. The second-order valence-corrected chi connectivity index (χ2v) is 4.35. The highest BCUT2D eigenvalue weighted by molar-refractivity contribution is 5.81. The van der Waals surface area contributed by atoms with Gasteiger partial charge < -0.3 is 15.5 Å². The molecule has 4 nitrogen and oxygen atoms in total. The summed E-state index contributed by atoms with van der Waals surface area (Å²) in [5.41, 5.74) is 8.64. The highest BCUT2D eigenvalue weighted by Gasteiger charge is 2.13. The SMILES string of the molecule is CCN(CC(=O)N(C)C)c1ccc(N)cc1C. The number of aryl methyl sites for hydroxylation is 1. The Hall–Kier alpha value is -1.71. The Labute approximate surface area is 103 Å². The van der Waals surface area contributed by atoms with Crippen LogP contribution in [0.15, 0.2) is 18.2 Å². The number of rotatable bonds is 4. The molecule has 94 valence electrons. The summed E-state index contributed by atoms with van der Waals surface area (Å²) in [5.74, 6) is 0.100. The quantitative estimate of drug-likeness (QED) is 0.804. The molecule has 1 aromatic carbocycles. The second-order valence-electron chi connectivity index (χ2n) is 4.35. The van der Waals surface area contributed by atoms with Crippen LogP contribution in [0.4, 0.5) is 11.4 Å². The maximum Gasteiger partial charge on any atom is 0.241 e. The molecule has 0 aliphatic rings. The smallest absolute Gasteiger partial charge is 0.241 e. The van der Waals surface area contributed by atoms with Gasteiger partial charge in [-0.05, 0) is 37.6 Å². The number of carbonyl (C=O) groups excluding carboxylic acids is 1. The van der Waals surface area contributed by atoms with Gasteiger partial charge in [-0.2, -0.15) is 0 Å². The van der Waals surface area contributed by atoms with Gasteiger partial charge in [0.2, 0.25) is 5.91 Å². The van der Waals surface area contributed by atoms with Gasteiger partial charge >= 0.3 is 0 Å². The minimum atomic E-state index is 0.100. The number of nitrogens with zero attached hydrogens (tertiary/aromatic N) is 2. The van der Waals surface area contributed by atoms with E-state index in [0.717, 1.165) is 23.5 Å². The van der Waals surface area contributed by atoms with Crippen LogP contribution in [-0.2, 0) is 4.79 Å². The zero-order chi connectivity index (χ0) is 13.0. The Balaban J connectivity index is 2.90. The van der Waals surface area contributed by atoms with Crippen molar-refractivity contribution < 1.29 is 4.79 Å². The van der Waals surface area contributed by atoms with E-state index in [4.69, 9.17) is 5.73 Å². The molecule has 17 heavy (non-hydrogen) atoms. The minimum absolute atomic E-state index is 0.100. The Morgan fingerprint density at radius 2 is 2.00 bits per heavy atom. The summed E-state index contributed by atoms with van der Waals surface area (Å²) >= 11 is 0. The van der Waals surface area contributed by atoms with Crippen molar-refractivity contribution >= 4 is 17.3 Å². The van der Waals surface area contributed by atoms with Crippen molar-refractivity contribution in [2.75, 3.05) is 37.8 Å². The summed E-state index contributed by atoms with van der Waals surface area (Å²) < 4.78 is 0. The normalized spacial score (nSPS) is 10.1. The predicted octanol–water partition coefficient (Wildman–Crippen LogP) is 1.49. The van der Waals surface area contributed by atoms with Crippen molar-refractivity contribution in [3.63, 3.8) is 0 Å². The fraction of sp³-hybridized carbons (Fsp3) is 0.462. The average Bonchev–Trinajstić information content (AvgIpc) is 2.26. The van der Waals surface area contributed by atoms with Crippen LogP contribution in [0.25, 0.3) is 0 Å². The van der Waals surface area contributed by atoms with Crippen LogP contribution >= 0.6 is 0 Å². The summed E-state index contributed by atoms with van der Waals surface area (Å²) in [6.07, 6.45) is 0. The molecule has 0 spiro atoms. The van der Waals surface area contributed by atoms with Gasteiger partial charge in [0.25, 0.3) is 0 Å². The van der Waals surface area contributed by atoms with Crippen molar-refractivity contribution in [2.24, 2.45) is 0 Å². The molecule has 0 saturated carbocycles. The van der Waals surface area contributed by atoms with Crippen LogP contribution < -0.4 is 10.6 Å². The summed E-state index contributed by atoms with van der Waals surface area (Å²) in [5, 5.41) is 0. The van der Waals surface area contributed by atoms with Crippen LogP contribution in [0, 0.1) is 6.92 Å². The summed E-state index contributed by atoms with van der Waals surface area (Å²) in [4.78, 5) is 15.4. The number of nitrogen functional groups attached to an aromatic ring is 1. The molecule has 1 rings (SSSR count). The van der Waals surface area contributed by atoms with Crippen molar-refractivity contribution in [3.8, 4) is 0 Å². The largest absolute Gasteiger partial charge is 0.399 e. The summed E-state index contributed by atoms with van der Waals surface area (Å²) in [6, 6.07) is 5.76. The average molecular weight is 235 g/mol. The molecule has 0 radical (unpaired) electrons. The van der Waals surface area contributed by atoms with E-state index in [1.165, 1.54) is 0 Å². The molecule has 0 aromatic heterocycles. The minimum Gasteiger partial charge on any atom is -0.399 e. The molecular weight excluding hydrogens is 214 g/mol. The molecule has 0 aliphatic carbocycles. The Kier molecular flexibility index (Phi) is 4.37. The van der Waals surface area contributed by atoms with E-state index >= 15 is 0 Å². The molecule has 4 heteroatoms. The lowest BCUT2D eigenvalue weighted by Gasteiger charge is -2.26. The van der Waals surface area contributed by atoms with Gasteiger partial charge in [-0.3, -0.25) is 4.79 Å². The Morgan fingerprint density at radius 3 is 2.47 bits per heavy atom. The first-order valence-corrected chi connectivity index (χ1v) is 5.77. The van der Waals surface area contributed by atoms with E-state index in [0.29, 0.717) is 6.54 Å². The van der Waals surface area contributed by atoms with Gasteiger partial charge in [0.1, 0.15) is 0 Å².